The van der Waals surface area contributed by atoms with E-state index < -0.39 is 0 Å². The molecule has 0 aliphatic heterocycles. The second-order valence-electron chi connectivity index (χ2n) is 3.84. The Morgan fingerprint density at radius 1 is 0.800 bits per heavy atom. The van der Waals surface area contributed by atoms with Gasteiger partial charge in [0.05, 0.1) is 0 Å². The van der Waals surface area contributed by atoms with Gasteiger partial charge in [-0.1, -0.05) is 73.7 Å². The molecule has 2 N–H and O–H groups in total. The van der Waals surface area contributed by atoms with Crippen molar-refractivity contribution in [2.45, 2.75) is 19.8 Å². The fraction of sp³-hybridized carbons (Fsp3) is 0.227. The Labute approximate surface area is 194 Å². The van der Waals surface area contributed by atoms with Crippen molar-refractivity contribution in [3.63, 3.8) is 0 Å². The standard InChI is InChI=1S/C13H12.C4H8.C2H3.2CH4O.CH3.Yb/c1-3-7-12(8-4-1)11-13-9-5-2-6-10-13;1-3-4-2;3*1-2;;/h1-10H,11H2;3H,1,4H2,2H3;1H,2H2;2*2H,1H3;1H3;/q;;-1;;;-1;+2. The molecule has 0 unspecified atom stereocenters. The van der Waals surface area contributed by atoms with E-state index in [0.717, 1.165) is 27.1 Å². The monoisotopic (exact) mass is 504 g/mol. The number of aliphatic hydroxyl groups is 2. The van der Waals surface area contributed by atoms with Crippen molar-refractivity contribution in [2.24, 2.45) is 0 Å². The number of hydrogen-bond acceptors (Lipinski definition) is 2. The molecule has 148 valence electrons. The Morgan fingerprint density at radius 2 is 1.04 bits per heavy atom. The first-order valence-electron chi connectivity index (χ1n) is 7.35. The Bertz CT molecular complexity index is 393. The third-order valence-corrected chi connectivity index (χ3v) is 2.38. The summed E-state index contributed by atoms with van der Waals surface area (Å²) in [4.78, 5) is 0. The van der Waals surface area contributed by atoms with Crippen molar-refractivity contribution < 1.29 is 57.1 Å². The molecule has 0 aromatic heterocycles. The molecule has 25 heavy (non-hydrogen) atoms. The van der Waals surface area contributed by atoms with Crippen LogP contribution in [0.5, 0.6) is 0 Å². The summed E-state index contributed by atoms with van der Waals surface area (Å²) < 4.78 is 0. The Morgan fingerprint density at radius 3 is 1.24 bits per heavy atom. The van der Waals surface area contributed by atoms with E-state index in [1.807, 2.05) is 6.08 Å². The van der Waals surface area contributed by atoms with Crippen LogP contribution in [0.2, 0.25) is 0 Å². The fourth-order valence-electron chi connectivity index (χ4n) is 1.43. The van der Waals surface area contributed by atoms with Gasteiger partial charge in [0.25, 0.3) is 0 Å². The topological polar surface area (TPSA) is 40.5 Å². The second kappa shape index (κ2) is 34.6. The van der Waals surface area contributed by atoms with Gasteiger partial charge >= 0.3 is 46.9 Å². The van der Waals surface area contributed by atoms with Gasteiger partial charge in [-0.2, -0.15) is 0 Å². The van der Waals surface area contributed by atoms with E-state index in [9.17, 15) is 0 Å². The van der Waals surface area contributed by atoms with Crippen LogP contribution in [-0.2, 0) is 6.42 Å². The number of benzene rings is 2. The smallest absolute Gasteiger partial charge is 0.521 e. The fourth-order valence-corrected chi connectivity index (χ4v) is 1.43. The molecule has 2 aromatic carbocycles. The van der Waals surface area contributed by atoms with Crippen molar-refractivity contribution in [3.05, 3.63) is 105 Å². The maximum atomic E-state index is 7.00. The molecule has 3 heteroatoms. The first-order valence-corrected chi connectivity index (χ1v) is 7.35. The van der Waals surface area contributed by atoms with Gasteiger partial charge in [0, 0.05) is 14.2 Å². The average molecular weight is 504 g/mol. The molecule has 2 nitrogen and oxygen atoms in total. The predicted octanol–water partition coefficient (Wildman–Crippen LogP) is 5.13. The minimum Gasteiger partial charge on any atom is -0.521 e. The molecule has 0 fully saturated rings. The molecule has 0 amide bonds. The van der Waals surface area contributed by atoms with Gasteiger partial charge < -0.3 is 24.2 Å². The van der Waals surface area contributed by atoms with Crippen LogP contribution in [0.3, 0.4) is 0 Å². The summed E-state index contributed by atoms with van der Waals surface area (Å²) in [5, 5.41) is 14.0. The normalized spacial score (nSPS) is 6.76. The van der Waals surface area contributed by atoms with Crippen LogP contribution in [0.1, 0.15) is 24.5 Å². The third kappa shape index (κ3) is 25.7. The van der Waals surface area contributed by atoms with Crippen LogP contribution >= 0.6 is 0 Å². The van der Waals surface area contributed by atoms with Crippen LogP contribution < -0.4 is 0 Å². The van der Waals surface area contributed by atoms with E-state index in [1.165, 1.54) is 11.1 Å². The largest absolute Gasteiger partial charge is 2.00 e. The first-order chi connectivity index (χ1) is 11.4. The summed E-state index contributed by atoms with van der Waals surface area (Å²) in [6, 6.07) is 21.1. The summed E-state index contributed by atoms with van der Waals surface area (Å²) >= 11 is 0. The van der Waals surface area contributed by atoms with Gasteiger partial charge in [0.1, 0.15) is 0 Å². The number of hydrogen-bond donors (Lipinski definition) is 2. The molecule has 0 bridgehead atoms. The average Bonchev–Trinajstić information content (AvgIpc) is 2.68. The molecular weight excluding hydrogens is 469 g/mol. The molecule has 0 atom stereocenters. The minimum absolute atomic E-state index is 0. The SMILES string of the molecule is C=CCC.CO.CO.[CH-]=C.[CH3-].[Yb+2].c1ccc(Cc2ccccc2)cc1. The van der Waals surface area contributed by atoms with E-state index in [2.05, 4.69) is 87.3 Å². The molecule has 0 aliphatic carbocycles. The van der Waals surface area contributed by atoms with Crippen molar-refractivity contribution >= 4 is 0 Å². The molecular formula is C22H34O2Yb. The molecule has 2 aromatic rings. The maximum absolute atomic E-state index is 7.00. The zero-order valence-corrected chi connectivity index (χ0v) is 17.6. The van der Waals surface area contributed by atoms with Crippen LogP contribution in [0.15, 0.2) is 79.9 Å². The molecule has 0 aliphatic rings. The van der Waals surface area contributed by atoms with Crippen LogP contribution in [0.4, 0.5) is 0 Å². The summed E-state index contributed by atoms with van der Waals surface area (Å²) in [5.74, 6) is 0. The van der Waals surface area contributed by atoms with Crippen molar-refractivity contribution in [1.82, 2.24) is 0 Å². The minimum atomic E-state index is 0. The number of allylic oxidation sites excluding steroid dienone is 1. The Balaban J connectivity index is -0.0000000960. The number of rotatable bonds is 3. The second-order valence-corrected chi connectivity index (χ2v) is 3.84. The number of aliphatic hydroxyl groups excluding tert-OH is 2. The van der Waals surface area contributed by atoms with Crippen LogP contribution in [0, 0.1) is 60.9 Å². The van der Waals surface area contributed by atoms with Gasteiger partial charge in [0.2, 0.25) is 0 Å². The molecule has 0 saturated heterocycles. The van der Waals surface area contributed by atoms with E-state index in [0.29, 0.717) is 0 Å². The van der Waals surface area contributed by atoms with Gasteiger partial charge in [0.15, 0.2) is 0 Å². The van der Waals surface area contributed by atoms with Crippen molar-refractivity contribution in [1.29, 1.82) is 0 Å². The summed E-state index contributed by atoms with van der Waals surface area (Å²) in [5.41, 5.74) is 2.74. The summed E-state index contributed by atoms with van der Waals surface area (Å²) in [6.45, 7) is 12.5. The van der Waals surface area contributed by atoms with Crippen molar-refractivity contribution in [3.8, 4) is 0 Å². The molecule has 0 saturated carbocycles. The first kappa shape index (κ1) is 35.5. The van der Waals surface area contributed by atoms with Crippen LogP contribution in [-0.4, -0.2) is 24.4 Å². The van der Waals surface area contributed by atoms with E-state index in [1.54, 1.807) is 0 Å². The zero-order chi connectivity index (χ0) is 18.3. The van der Waals surface area contributed by atoms with Crippen LogP contribution in [0.25, 0.3) is 0 Å². The van der Waals surface area contributed by atoms with Gasteiger partial charge in [-0.25, -0.2) is 0 Å². The molecule has 0 radical (unpaired) electrons. The predicted molar refractivity (Wildman–Crippen MR) is 109 cm³/mol. The van der Waals surface area contributed by atoms with Gasteiger partial charge in [-0.05, 0) is 24.0 Å². The summed E-state index contributed by atoms with van der Waals surface area (Å²) in [7, 11) is 2.00. The third-order valence-electron chi connectivity index (χ3n) is 2.38. The van der Waals surface area contributed by atoms with Crippen molar-refractivity contribution in [2.75, 3.05) is 14.2 Å². The molecule has 0 heterocycles. The quantitative estimate of drug-likeness (QED) is 0.450. The Kier molecular flexibility index (Phi) is 49.2. The van der Waals surface area contributed by atoms with E-state index >= 15 is 0 Å². The summed E-state index contributed by atoms with van der Waals surface area (Å²) in [6.07, 6.45) is 3.99. The molecule has 2 rings (SSSR count). The molecule has 0 spiro atoms. The van der Waals surface area contributed by atoms with E-state index in [4.69, 9.17) is 10.2 Å². The van der Waals surface area contributed by atoms with Gasteiger partial charge in [-0.15, -0.1) is 6.58 Å². The zero-order valence-electron chi connectivity index (χ0n) is 15.9. The van der Waals surface area contributed by atoms with Gasteiger partial charge in [-0.3, -0.25) is 6.58 Å². The van der Waals surface area contributed by atoms with E-state index in [-0.39, 0.29) is 54.4 Å². The Hall–Kier alpha value is -0.641. The maximum Gasteiger partial charge on any atom is 2.00 e.